The molecule has 1 atom stereocenters. The summed E-state index contributed by atoms with van der Waals surface area (Å²) in [4.78, 5) is 6.96. The Morgan fingerprint density at radius 2 is 2.04 bits per heavy atom. The van der Waals surface area contributed by atoms with Crippen LogP contribution in [0.15, 0.2) is 16.7 Å². The molecule has 1 unspecified atom stereocenters. The number of methoxy groups -OCH3 is 2. The number of piperidine rings is 1. The third kappa shape index (κ3) is 3.86. The van der Waals surface area contributed by atoms with E-state index in [0.29, 0.717) is 24.7 Å². The second-order valence-electron chi connectivity index (χ2n) is 6.79. The Kier molecular flexibility index (Phi) is 5.45. The van der Waals surface area contributed by atoms with E-state index in [4.69, 9.17) is 23.5 Å². The second-order valence-corrected chi connectivity index (χ2v) is 6.79. The molecule has 8 nitrogen and oxygen atoms in total. The number of hydrogen-bond acceptors (Lipinski definition) is 8. The molecule has 0 amide bonds. The Bertz CT molecular complexity index is 779. The molecule has 3 heterocycles. The van der Waals surface area contributed by atoms with Crippen LogP contribution in [0.4, 0.5) is 0 Å². The summed E-state index contributed by atoms with van der Waals surface area (Å²) < 4.78 is 27.2. The monoisotopic (exact) mass is 375 g/mol. The fraction of sp³-hybridized carbons (Fsp3) is 0.579. The minimum atomic E-state index is 0.109. The number of nitrogens with zero attached hydrogens (tertiary/aromatic N) is 3. The number of rotatable bonds is 7. The minimum Gasteiger partial charge on any atom is -0.496 e. The highest BCUT2D eigenvalue weighted by Gasteiger charge is 2.30. The maximum absolute atomic E-state index is 5.57. The summed E-state index contributed by atoms with van der Waals surface area (Å²) in [6, 6.07) is 4.01. The average molecular weight is 375 g/mol. The first-order chi connectivity index (χ1) is 13.3. The van der Waals surface area contributed by atoms with Crippen LogP contribution >= 0.6 is 0 Å². The van der Waals surface area contributed by atoms with Gasteiger partial charge in [0.25, 0.3) is 0 Å². The van der Waals surface area contributed by atoms with Crippen molar-refractivity contribution in [3.8, 4) is 17.2 Å². The molecule has 1 saturated heterocycles. The number of aromatic nitrogens is 2. The molecule has 1 fully saturated rings. The fourth-order valence-electron chi connectivity index (χ4n) is 3.66. The van der Waals surface area contributed by atoms with Gasteiger partial charge in [0.05, 0.1) is 19.8 Å². The summed E-state index contributed by atoms with van der Waals surface area (Å²) in [5.41, 5.74) is 1.06. The average Bonchev–Trinajstić information content (AvgIpc) is 3.35. The van der Waals surface area contributed by atoms with Crippen molar-refractivity contribution in [1.29, 1.82) is 0 Å². The SMILES string of the molecule is COCCc1noc(C2CCCCN2Cc2cc3c(cc2OC)OCO3)n1. The van der Waals surface area contributed by atoms with E-state index in [-0.39, 0.29) is 12.8 Å². The van der Waals surface area contributed by atoms with Crippen molar-refractivity contribution >= 4 is 0 Å². The van der Waals surface area contributed by atoms with Crippen LogP contribution in [0.5, 0.6) is 17.2 Å². The van der Waals surface area contributed by atoms with Gasteiger partial charge in [0.15, 0.2) is 17.3 Å². The molecule has 0 bridgehead atoms. The lowest BCUT2D eigenvalue weighted by molar-refractivity contribution is 0.110. The molecule has 27 heavy (non-hydrogen) atoms. The third-order valence-corrected chi connectivity index (χ3v) is 5.06. The van der Waals surface area contributed by atoms with Crippen LogP contribution in [0, 0.1) is 0 Å². The molecular formula is C19H25N3O5. The third-order valence-electron chi connectivity index (χ3n) is 5.06. The fourth-order valence-corrected chi connectivity index (χ4v) is 3.66. The lowest BCUT2D eigenvalue weighted by Crippen LogP contribution is -2.33. The van der Waals surface area contributed by atoms with Crippen LogP contribution in [0.25, 0.3) is 0 Å². The summed E-state index contributed by atoms with van der Waals surface area (Å²) in [5, 5.41) is 4.10. The lowest BCUT2D eigenvalue weighted by Gasteiger charge is -2.33. The van der Waals surface area contributed by atoms with Gasteiger partial charge in [0.1, 0.15) is 5.75 Å². The first kappa shape index (κ1) is 18.1. The van der Waals surface area contributed by atoms with Gasteiger partial charge in [-0.2, -0.15) is 4.98 Å². The number of fused-ring (bicyclic) bond motifs is 1. The van der Waals surface area contributed by atoms with Gasteiger partial charge < -0.3 is 23.5 Å². The van der Waals surface area contributed by atoms with Gasteiger partial charge in [0.2, 0.25) is 12.7 Å². The highest BCUT2D eigenvalue weighted by molar-refractivity contribution is 5.51. The van der Waals surface area contributed by atoms with Crippen LogP contribution in [0.3, 0.4) is 0 Å². The Hall–Kier alpha value is -2.32. The molecule has 2 aliphatic heterocycles. The van der Waals surface area contributed by atoms with Crippen molar-refractivity contribution in [1.82, 2.24) is 15.0 Å². The molecule has 2 aliphatic rings. The summed E-state index contributed by atoms with van der Waals surface area (Å²) in [6.07, 6.45) is 3.95. The second kappa shape index (κ2) is 8.14. The number of hydrogen-bond donors (Lipinski definition) is 0. The zero-order valence-corrected chi connectivity index (χ0v) is 15.8. The Morgan fingerprint density at radius 3 is 2.85 bits per heavy atom. The molecule has 8 heteroatoms. The summed E-state index contributed by atoms with van der Waals surface area (Å²) in [5.74, 6) is 3.66. The van der Waals surface area contributed by atoms with Crippen molar-refractivity contribution in [2.45, 2.75) is 38.3 Å². The molecule has 2 aromatic rings. The first-order valence-electron chi connectivity index (χ1n) is 9.30. The Morgan fingerprint density at radius 1 is 1.19 bits per heavy atom. The predicted molar refractivity (Wildman–Crippen MR) is 96.0 cm³/mol. The molecule has 0 spiro atoms. The lowest BCUT2D eigenvalue weighted by atomic mass is 10.0. The molecular weight excluding hydrogens is 350 g/mol. The van der Waals surface area contributed by atoms with Gasteiger partial charge in [-0.1, -0.05) is 11.6 Å². The van der Waals surface area contributed by atoms with Gasteiger partial charge in [-0.05, 0) is 25.5 Å². The predicted octanol–water partition coefficient (Wildman–Crippen LogP) is 2.72. The smallest absolute Gasteiger partial charge is 0.244 e. The number of benzene rings is 1. The van der Waals surface area contributed by atoms with E-state index in [9.17, 15) is 0 Å². The van der Waals surface area contributed by atoms with E-state index in [1.54, 1.807) is 14.2 Å². The topological polar surface area (TPSA) is 79.1 Å². The maximum Gasteiger partial charge on any atom is 0.244 e. The van der Waals surface area contributed by atoms with Crippen molar-refractivity contribution < 1.29 is 23.5 Å². The minimum absolute atomic E-state index is 0.109. The van der Waals surface area contributed by atoms with Crippen LogP contribution in [0.1, 0.15) is 42.6 Å². The number of ether oxygens (including phenoxy) is 4. The van der Waals surface area contributed by atoms with E-state index in [0.717, 1.165) is 55.2 Å². The van der Waals surface area contributed by atoms with Crippen molar-refractivity contribution in [3.63, 3.8) is 0 Å². The van der Waals surface area contributed by atoms with Crippen LogP contribution in [0.2, 0.25) is 0 Å². The molecule has 0 radical (unpaired) electrons. The zero-order chi connectivity index (χ0) is 18.6. The van der Waals surface area contributed by atoms with Crippen molar-refractivity contribution in [3.05, 3.63) is 29.4 Å². The zero-order valence-electron chi connectivity index (χ0n) is 15.8. The Balaban J connectivity index is 1.54. The van der Waals surface area contributed by atoms with E-state index in [1.165, 1.54) is 0 Å². The van der Waals surface area contributed by atoms with E-state index in [2.05, 4.69) is 15.0 Å². The molecule has 0 aliphatic carbocycles. The molecule has 1 aromatic carbocycles. The van der Waals surface area contributed by atoms with Crippen LogP contribution < -0.4 is 14.2 Å². The first-order valence-corrected chi connectivity index (χ1v) is 9.30. The van der Waals surface area contributed by atoms with Crippen LogP contribution in [-0.2, 0) is 17.7 Å². The largest absolute Gasteiger partial charge is 0.496 e. The van der Waals surface area contributed by atoms with Crippen molar-refractivity contribution in [2.75, 3.05) is 34.2 Å². The Labute approximate surface area is 158 Å². The highest BCUT2D eigenvalue weighted by atomic mass is 16.7. The standard InChI is InChI=1S/C19H25N3O5/c1-23-8-6-18-20-19(27-21-18)14-5-3-4-7-22(14)11-13-9-16-17(26-12-25-16)10-15(13)24-2/h9-10,14H,3-8,11-12H2,1-2H3. The van der Waals surface area contributed by atoms with Crippen molar-refractivity contribution in [2.24, 2.45) is 0 Å². The summed E-state index contributed by atoms with van der Waals surface area (Å²) >= 11 is 0. The summed E-state index contributed by atoms with van der Waals surface area (Å²) in [7, 11) is 3.34. The maximum atomic E-state index is 5.57. The molecule has 4 rings (SSSR count). The summed E-state index contributed by atoms with van der Waals surface area (Å²) in [6.45, 7) is 2.53. The van der Waals surface area contributed by atoms with Gasteiger partial charge in [-0.25, -0.2) is 0 Å². The van der Waals surface area contributed by atoms with Gasteiger partial charge in [-0.15, -0.1) is 0 Å². The van der Waals surface area contributed by atoms with Gasteiger partial charge in [0, 0.05) is 31.7 Å². The van der Waals surface area contributed by atoms with Gasteiger partial charge >= 0.3 is 0 Å². The van der Waals surface area contributed by atoms with Gasteiger partial charge in [-0.3, -0.25) is 4.90 Å². The van der Waals surface area contributed by atoms with Crippen LogP contribution in [-0.4, -0.2) is 49.2 Å². The van der Waals surface area contributed by atoms with E-state index < -0.39 is 0 Å². The highest BCUT2D eigenvalue weighted by Crippen LogP contribution is 2.40. The molecule has 0 N–H and O–H groups in total. The normalized spacial score (nSPS) is 19.4. The molecule has 0 saturated carbocycles. The number of likely N-dealkylation sites (tertiary alicyclic amines) is 1. The molecule has 1 aromatic heterocycles. The molecule has 146 valence electrons. The van der Waals surface area contributed by atoms with E-state index >= 15 is 0 Å². The quantitative estimate of drug-likeness (QED) is 0.731. The van der Waals surface area contributed by atoms with E-state index in [1.807, 2.05) is 12.1 Å².